The highest BCUT2D eigenvalue weighted by Gasteiger charge is 2.15. The first-order valence-corrected chi connectivity index (χ1v) is 10.6. The van der Waals surface area contributed by atoms with Crippen LogP contribution in [0.3, 0.4) is 0 Å². The van der Waals surface area contributed by atoms with Gasteiger partial charge < -0.3 is 5.11 Å². The molecule has 0 heterocycles. The predicted molar refractivity (Wildman–Crippen MR) is 129 cm³/mol. The molecular formula is C28H25NO3. The molecule has 0 spiro atoms. The Bertz CT molecular complexity index is 1250. The Morgan fingerprint density at radius 2 is 1.53 bits per heavy atom. The molecule has 0 saturated carbocycles. The van der Waals surface area contributed by atoms with Gasteiger partial charge in [-0.3, -0.25) is 10.1 Å². The molecule has 0 aliphatic rings. The summed E-state index contributed by atoms with van der Waals surface area (Å²) in [7, 11) is 0. The van der Waals surface area contributed by atoms with Crippen LogP contribution in [0.15, 0.2) is 91.0 Å². The van der Waals surface area contributed by atoms with Gasteiger partial charge in [-0.1, -0.05) is 61.5 Å². The van der Waals surface area contributed by atoms with Gasteiger partial charge in [0.25, 0.3) is 5.69 Å². The normalized spacial score (nSPS) is 11.8. The van der Waals surface area contributed by atoms with Gasteiger partial charge in [-0.2, -0.15) is 0 Å². The van der Waals surface area contributed by atoms with E-state index in [2.05, 4.69) is 37.3 Å². The minimum atomic E-state index is -0.377. The van der Waals surface area contributed by atoms with Crippen LogP contribution >= 0.6 is 0 Å². The lowest BCUT2D eigenvalue weighted by Gasteiger charge is -2.18. The van der Waals surface area contributed by atoms with Crippen molar-refractivity contribution < 1.29 is 10.0 Å². The van der Waals surface area contributed by atoms with E-state index in [0.29, 0.717) is 0 Å². The molecule has 0 aliphatic carbocycles. The van der Waals surface area contributed by atoms with E-state index in [0.717, 1.165) is 34.2 Å². The number of aryl methyl sites for hydroxylation is 1. The summed E-state index contributed by atoms with van der Waals surface area (Å²) in [6.07, 6.45) is 0.872. The molecule has 32 heavy (non-hydrogen) atoms. The molecule has 1 N–H and O–H groups in total. The van der Waals surface area contributed by atoms with E-state index in [1.165, 1.54) is 11.1 Å². The average Bonchev–Trinajstić information content (AvgIpc) is 2.81. The molecule has 1 unspecified atom stereocenters. The summed E-state index contributed by atoms with van der Waals surface area (Å²) >= 11 is 0. The summed E-state index contributed by atoms with van der Waals surface area (Å²) in [6.45, 7) is 4.23. The Labute approximate surface area is 188 Å². The zero-order valence-electron chi connectivity index (χ0n) is 18.2. The summed E-state index contributed by atoms with van der Waals surface area (Å²) < 4.78 is 0. The molecule has 1 atom stereocenters. The van der Waals surface area contributed by atoms with Crippen molar-refractivity contribution >= 4 is 5.69 Å². The second kappa shape index (κ2) is 9.06. The lowest BCUT2D eigenvalue weighted by molar-refractivity contribution is -0.384. The monoisotopic (exact) mass is 423 g/mol. The topological polar surface area (TPSA) is 63.4 Å². The zero-order valence-corrected chi connectivity index (χ0v) is 18.2. The first-order valence-electron chi connectivity index (χ1n) is 10.6. The highest BCUT2D eigenvalue weighted by molar-refractivity contribution is 5.84. The number of benzene rings is 4. The lowest BCUT2D eigenvalue weighted by Crippen LogP contribution is -2.01. The van der Waals surface area contributed by atoms with E-state index in [4.69, 9.17) is 0 Å². The summed E-state index contributed by atoms with van der Waals surface area (Å²) in [6, 6.07) is 28.9. The first kappa shape index (κ1) is 21.3. The second-order valence-electron chi connectivity index (χ2n) is 8.19. The molecule has 0 bridgehead atoms. The van der Waals surface area contributed by atoms with Gasteiger partial charge in [-0.15, -0.1) is 0 Å². The Hall–Kier alpha value is -3.92. The fraction of sp³-hybridized carbons (Fsp3) is 0.143. The standard InChI is InChI=1S/C28H25NO3/c1-19(16-23-10-14-26(30)17-20(23)2)24-11-15-27(22-8-12-25(13-9-22)29(31)32)28(18-24)21-6-4-3-5-7-21/h3-15,17-19,30H,16H2,1-2H3. The van der Waals surface area contributed by atoms with Gasteiger partial charge in [0.15, 0.2) is 0 Å². The maximum Gasteiger partial charge on any atom is 0.269 e. The molecule has 0 aromatic heterocycles. The molecule has 4 rings (SSSR count). The van der Waals surface area contributed by atoms with Crippen molar-refractivity contribution in [2.75, 3.05) is 0 Å². The maximum atomic E-state index is 11.0. The van der Waals surface area contributed by atoms with Crippen LogP contribution in [0.2, 0.25) is 0 Å². The van der Waals surface area contributed by atoms with Gasteiger partial charge in [-0.25, -0.2) is 0 Å². The highest BCUT2D eigenvalue weighted by Crippen LogP contribution is 2.36. The van der Waals surface area contributed by atoms with Crippen molar-refractivity contribution in [2.24, 2.45) is 0 Å². The Morgan fingerprint density at radius 3 is 2.19 bits per heavy atom. The third-order valence-electron chi connectivity index (χ3n) is 5.94. The van der Waals surface area contributed by atoms with E-state index in [1.54, 1.807) is 24.3 Å². The summed E-state index contributed by atoms with van der Waals surface area (Å²) in [4.78, 5) is 10.7. The number of phenols is 1. The van der Waals surface area contributed by atoms with Crippen LogP contribution in [0.25, 0.3) is 22.3 Å². The van der Waals surface area contributed by atoms with Crippen LogP contribution in [0, 0.1) is 17.0 Å². The molecule has 4 aromatic rings. The summed E-state index contributed by atoms with van der Waals surface area (Å²) in [5.41, 5.74) is 7.82. The first-order chi connectivity index (χ1) is 15.4. The quantitative estimate of drug-likeness (QED) is 0.262. The second-order valence-corrected chi connectivity index (χ2v) is 8.19. The third-order valence-corrected chi connectivity index (χ3v) is 5.94. The Balaban J connectivity index is 1.73. The minimum Gasteiger partial charge on any atom is -0.508 e. The maximum absolute atomic E-state index is 11.0. The van der Waals surface area contributed by atoms with Crippen LogP contribution in [0.5, 0.6) is 5.75 Å². The van der Waals surface area contributed by atoms with Crippen LogP contribution in [0.4, 0.5) is 5.69 Å². The largest absolute Gasteiger partial charge is 0.508 e. The van der Waals surface area contributed by atoms with E-state index < -0.39 is 0 Å². The Kier molecular flexibility index (Phi) is 6.04. The van der Waals surface area contributed by atoms with Crippen molar-refractivity contribution in [1.82, 2.24) is 0 Å². The van der Waals surface area contributed by atoms with E-state index in [-0.39, 0.29) is 22.3 Å². The van der Waals surface area contributed by atoms with Crippen molar-refractivity contribution in [1.29, 1.82) is 0 Å². The van der Waals surface area contributed by atoms with Crippen LogP contribution in [0.1, 0.15) is 29.5 Å². The molecule has 0 saturated heterocycles. The van der Waals surface area contributed by atoms with Crippen LogP contribution in [-0.4, -0.2) is 10.0 Å². The number of nitro benzene ring substituents is 1. The van der Waals surface area contributed by atoms with Crippen molar-refractivity contribution in [3.63, 3.8) is 0 Å². The average molecular weight is 424 g/mol. The van der Waals surface area contributed by atoms with Gasteiger partial charge in [0.1, 0.15) is 5.75 Å². The number of hydrogen-bond donors (Lipinski definition) is 1. The third kappa shape index (κ3) is 4.54. The molecule has 0 aliphatic heterocycles. The van der Waals surface area contributed by atoms with E-state index in [1.807, 2.05) is 43.3 Å². The number of nitro groups is 1. The highest BCUT2D eigenvalue weighted by atomic mass is 16.6. The van der Waals surface area contributed by atoms with Crippen molar-refractivity contribution in [3.05, 3.63) is 118 Å². The van der Waals surface area contributed by atoms with Crippen molar-refractivity contribution in [2.45, 2.75) is 26.2 Å². The summed E-state index contributed by atoms with van der Waals surface area (Å²) in [5.74, 6) is 0.573. The number of rotatable bonds is 6. The van der Waals surface area contributed by atoms with Crippen LogP contribution < -0.4 is 0 Å². The summed E-state index contributed by atoms with van der Waals surface area (Å²) in [5, 5.41) is 20.7. The van der Waals surface area contributed by atoms with E-state index in [9.17, 15) is 15.2 Å². The van der Waals surface area contributed by atoms with Gasteiger partial charge >= 0.3 is 0 Å². The molecule has 0 fully saturated rings. The minimum absolute atomic E-state index is 0.0875. The molecular weight excluding hydrogens is 398 g/mol. The predicted octanol–water partition coefficient (Wildman–Crippen LogP) is 7.29. The fourth-order valence-electron chi connectivity index (χ4n) is 4.10. The van der Waals surface area contributed by atoms with Gasteiger partial charge in [0, 0.05) is 12.1 Å². The van der Waals surface area contributed by atoms with Crippen molar-refractivity contribution in [3.8, 4) is 28.0 Å². The zero-order chi connectivity index (χ0) is 22.7. The molecule has 4 aromatic carbocycles. The molecule has 0 amide bonds. The van der Waals surface area contributed by atoms with Gasteiger partial charge in [0.2, 0.25) is 0 Å². The Morgan fingerprint density at radius 1 is 0.844 bits per heavy atom. The van der Waals surface area contributed by atoms with Gasteiger partial charge in [0.05, 0.1) is 4.92 Å². The molecule has 160 valence electrons. The lowest BCUT2D eigenvalue weighted by atomic mass is 9.87. The number of non-ortho nitro benzene ring substituents is 1. The number of hydrogen-bond acceptors (Lipinski definition) is 3. The fourth-order valence-corrected chi connectivity index (χ4v) is 4.10. The molecule has 4 nitrogen and oxygen atoms in total. The number of nitrogens with zero attached hydrogens (tertiary/aromatic N) is 1. The van der Waals surface area contributed by atoms with E-state index >= 15 is 0 Å². The smallest absolute Gasteiger partial charge is 0.269 e. The molecule has 0 radical (unpaired) electrons. The van der Waals surface area contributed by atoms with Crippen LogP contribution in [-0.2, 0) is 6.42 Å². The number of aromatic hydroxyl groups is 1. The van der Waals surface area contributed by atoms with Gasteiger partial charge in [-0.05, 0) is 82.5 Å². The molecule has 4 heteroatoms. The number of phenolic OH excluding ortho intramolecular Hbond substituents is 1. The SMILES string of the molecule is Cc1cc(O)ccc1CC(C)c1ccc(-c2ccc([N+](=O)[O-])cc2)c(-c2ccccc2)c1.